The zero-order valence-electron chi connectivity index (χ0n) is 20.5. The van der Waals surface area contributed by atoms with Gasteiger partial charge in [-0.15, -0.1) is 13.2 Å². The summed E-state index contributed by atoms with van der Waals surface area (Å²) in [5, 5.41) is 20.3. The lowest BCUT2D eigenvalue weighted by Gasteiger charge is -2.45. The molecule has 0 spiro atoms. The van der Waals surface area contributed by atoms with E-state index in [4.69, 9.17) is 0 Å². The quantitative estimate of drug-likeness (QED) is 0.516. The summed E-state index contributed by atoms with van der Waals surface area (Å²) in [6.07, 6.45) is 4.97. The molecule has 4 aliphatic rings. The first kappa shape index (κ1) is 25.9. The Morgan fingerprint density at radius 2 is 1.88 bits per heavy atom. The topological polar surface area (TPSA) is 52.9 Å². The molecule has 4 fully saturated rings. The number of allylic oxidation sites excluding steroid dienone is 3. The van der Waals surface area contributed by atoms with Crippen LogP contribution in [0.25, 0.3) is 0 Å². The zero-order chi connectivity index (χ0) is 24.7. The van der Waals surface area contributed by atoms with Crippen LogP contribution in [0.3, 0.4) is 0 Å². The molecule has 0 aromatic rings. The lowest BCUT2D eigenvalue weighted by atomic mass is 9.61. The molecule has 1 aliphatic heterocycles. The highest BCUT2D eigenvalue weighted by atomic mass is 19.4. The van der Waals surface area contributed by atoms with Gasteiger partial charge in [0.05, 0.1) is 18.3 Å². The molecule has 34 heavy (non-hydrogen) atoms. The van der Waals surface area contributed by atoms with Crippen LogP contribution in [0.15, 0.2) is 35.5 Å². The third kappa shape index (κ3) is 5.63. The summed E-state index contributed by atoms with van der Waals surface area (Å²) in [7, 11) is 0. The monoisotopic (exact) mass is 483 g/mol. The van der Waals surface area contributed by atoms with E-state index in [1.165, 1.54) is 12.0 Å². The Kier molecular flexibility index (Phi) is 7.68. The number of aliphatic hydroxyl groups is 2. The van der Waals surface area contributed by atoms with Crippen molar-refractivity contribution in [3.63, 3.8) is 0 Å². The van der Waals surface area contributed by atoms with Crippen LogP contribution in [0, 0.1) is 23.2 Å². The number of ether oxygens (including phenoxy) is 1. The minimum Gasteiger partial charge on any atom is -0.388 e. The first-order valence-electron chi connectivity index (χ1n) is 12.9. The van der Waals surface area contributed by atoms with Gasteiger partial charge >= 0.3 is 6.36 Å². The minimum absolute atomic E-state index is 0.212. The molecule has 3 saturated carbocycles. The van der Waals surface area contributed by atoms with Crippen LogP contribution in [0.2, 0.25) is 0 Å². The maximum atomic E-state index is 12.6. The fourth-order valence-corrected chi connectivity index (χ4v) is 7.42. The number of hydrogen-bond acceptors (Lipinski definition) is 4. The van der Waals surface area contributed by atoms with Gasteiger partial charge < -0.3 is 15.1 Å². The van der Waals surface area contributed by atoms with Gasteiger partial charge in [-0.2, -0.15) is 0 Å². The Morgan fingerprint density at radius 3 is 2.56 bits per heavy atom. The standard InChI is InChI=1S/C27H40F3NO3/c1-17(15-31-12-10-21(16-31)34-27(28,29)30)22-8-9-23-20(5-4-11-26(22,23)3)7-6-19-13-24(32)18(2)25(33)14-19/h6-7,17,21-25,32-33H,2,4-5,8-16H2,1,3H3/b19-6-,20-7+/t17?,21-,22+,23-,24+,25-,26+/m0/s1. The number of aliphatic hydroxyl groups excluding tert-OH is 2. The molecule has 1 unspecified atom stereocenters. The van der Waals surface area contributed by atoms with Crippen LogP contribution in [-0.2, 0) is 4.74 Å². The van der Waals surface area contributed by atoms with Gasteiger partial charge in [0.25, 0.3) is 0 Å². The molecule has 0 aromatic carbocycles. The number of halogens is 3. The normalized spacial score (nSPS) is 40.8. The van der Waals surface area contributed by atoms with Gasteiger partial charge in [-0.05, 0) is 80.1 Å². The van der Waals surface area contributed by atoms with E-state index in [0.29, 0.717) is 55.7 Å². The number of rotatable bonds is 5. The van der Waals surface area contributed by atoms with E-state index in [1.807, 2.05) is 0 Å². The largest absolute Gasteiger partial charge is 0.522 e. The highest BCUT2D eigenvalue weighted by Gasteiger charge is 2.51. The second-order valence-electron chi connectivity index (χ2n) is 11.4. The fraction of sp³-hybridized carbons (Fsp3) is 0.778. The number of alkyl halides is 3. The van der Waals surface area contributed by atoms with Gasteiger partial charge in [-0.25, -0.2) is 0 Å². The molecule has 3 aliphatic carbocycles. The Morgan fingerprint density at radius 1 is 1.18 bits per heavy atom. The van der Waals surface area contributed by atoms with Gasteiger partial charge in [0.2, 0.25) is 0 Å². The molecule has 0 aromatic heterocycles. The average Bonchev–Trinajstić information content (AvgIpc) is 3.32. The van der Waals surface area contributed by atoms with Gasteiger partial charge in [0.1, 0.15) is 0 Å². The van der Waals surface area contributed by atoms with Crippen LogP contribution in [0.5, 0.6) is 0 Å². The van der Waals surface area contributed by atoms with E-state index < -0.39 is 24.7 Å². The maximum absolute atomic E-state index is 12.6. The summed E-state index contributed by atoms with van der Waals surface area (Å²) in [6, 6.07) is 0. The molecule has 1 saturated heterocycles. The lowest BCUT2D eigenvalue weighted by molar-refractivity contribution is -0.340. The molecule has 7 heteroatoms. The van der Waals surface area contributed by atoms with Crippen molar-refractivity contribution in [2.75, 3.05) is 19.6 Å². The van der Waals surface area contributed by atoms with Gasteiger partial charge in [0, 0.05) is 19.6 Å². The number of fused-ring (bicyclic) bond motifs is 1. The van der Waals surface area contributed by atoms with E-state index in [2.05, 4.69) is 42.2 Å². The van der Waals surface area contributed by atoms with E-state index in [1.54, 1.807) is 0 Å². The number of nitrogens with zero attached hydrogens (tertiary/aromatic N) is 1. The second-order valence-corrected chi connectivity index (χ2v) is 11.4. The second kappa shape index (κ2) is 10.1. The smallest absolute Gasteiger partial charge is 0.388 e. The predicted molar refractivity (Wildman–Crippen MR) is 126 cm³/mol. The number of likely N-dealkylation sites (tertiary alicyclic amines) is 1. The van der Waals surface area contributed by atoms with E-state index in [-0.39, 0.29) is 5.41 Å². The maximum Gasteiger partial charge on any atom is 0.522 e. The summed E-state index contributed by atoms with van der Waals surface area (Å²) < 4.78 is 42.0. The first-order valence-corrected chi connectivity index (χ1v) is 12.9. The van der Waals surface area contributed by atoms with Crippen LogP contribution in [0.4, 0.5) is 13.2 Å². The molecule has 7 atom stereocenters. The predicted octanol–water partition coefficient (Wildman–Crippen LogP) is 5.37. The number of hydrogen-bond donors (Lipinski definition) is 2. The van der Waals surface area contributed by atoms with Gasteiger partial charge in [-0.3, -0.25) is 4.74 Å². The van der Waals surface area contributed by atoms with E-state index in [9.17, 15) is 23.4 Å². The molecule has 0 radical (unpaired) electrons. The third-order valence-corrected chi connectivity index (χ3v) is 9.10. The Bertz CT molecular complexity index is 806. The Hall–Kier alpha value is -1.15. The molecule has 192 valence electrons. The summed E-state index contributed by atoms with van der Waals surface area (Å²) >= 11 is 0. The van der Waals surface area contributed by atoms with Gasteiger partial charge in [-0.1, -0.05) is 43.7 Å². The summed E-state index contributed by atoms with van der Waals surface area (Å²) in [5.74, 6) is 1.50. The summed E-state index contributed by atoms with van der Waals surface area (Å²) in [4.78, 5) is 2.15. The molecule has 2 N–H and O–H groups in total. The van der Waals surface area contributed by atoms with Crippen molar-refractivity contribution in [2.24, 2.45) is 23.2 Å². The molecule has 1 heterocycles. The molecule has 0 bridgehead atoms. The van der Waals surface area contributed by atoms with Crippen molar-refractivity contribution >= 4 is 0 Å². The van der Waals surface area contributed by atoms with Crippen molar-refractivity contribution in [3.05, 3.63) is 35.5 Å². The minimum atomic E-state index is -4.56. The third-order valence-electron chi connectivity index (χ3n) is 9.10. The van der Waals surface area contributed by atoms with Crippen LogP contribution in [0.1, 0.15) is 65.2 Å². The summed E-state index contributed by atoms with van der Waals surface area (Å²) in [6.45, 7) is 10.3. The van der Waals surface area contributed by atoms with Crippen molar-refractivity contribution in [3.8, 4) is 0 Å². The Balaban J connectivity index is 1.39. The molecule has 0 amide bonds. The molecular formula is C27H40F3NO3. The van der Waals surface area contributed by atoms with Crippen LogP contribution >= 0.6 is 0 Å². The van der Waals surface area contributed by atoms with Gasteiger partial charge in [0.15, 0.2) is 0 Å². The average molecular weight is 484 g/mol. The van der Waals surface area contributed by atoms with Crippen molar-refractivity contribution in [1.29, 1.82) is 0 Å². The lowest BCUT2D eigenvalue weighted by Crippen LogP contribution is -2.39. The highest BCUT2D eigenvalue weighted by molar-refractivity contribution is 5.29. The van der Waals surface area contributed by atoms with Crippen molar-refractivity contribution < 1.29 is 28.1 Å². The van der Waals surface area contributed by atoms with Crippen molar-refractivity contribution in [1.82, 2.24) is 4.90 Å². The first-order chi connectivity index (χ1) is 16.0. The van der Waals surface area contributed by atoms with Crippen LogP contribution in [-0.4, -0.2) is 59.4 Å². The molecular weight excluding hydrogens is 443 g/mol. The Labute approximate surface area is 201 Å². The molecule has 4 rings (SSSR count). The zero-order valence-corrected chi connectivity index (χ0v) is 20.5. The van der Waals surface area contributed by atoms with Crippen LogP contribution < -0.4 is 0 Å². The van der Waals surface area contributed by atoms with E-state index in [0.717, 1.165) is 37.8 Å². The molecule has 4 nitrogen and oxygen atoms in total. The summed E-state index contributed by atoms with van der Waals surface area (Å²) in [5.41, 5.74) is 3.27. The van der Waals surface area contributed by atoms with Crippen molar-refractivity contribution in [2.45, 2.75) is 89.9 Å². The van der Waals surface area contributed by atoms with E-state index >= 15 is 0 Å². The SMILES string of the molecule is C=C1[C@H](O)C/C(=C/C=C2\CCC[C@]3(C)[C@@H](C(C)CN4CC[C@H](OC(F)(F)F)C4)CC[C@@H]23)C[C@@H]1O. The fourth-order valence-electron chi connectivity index (χ4n) is 7.42. The highest BCUT2D eigenvalue weighted by Crippen LogP contribution is 2.59.